The highest BCUT2D eigenvalue weighted by molar-refractivity contribution is 7.92. The Morgan fingerprint density at radius 2 is 1.89 bits per heavy atom. The molecule has 198 valence electrons. The van der Waals surface area contributed by atoms with E-state index in [1.54, 1.807) is 12.3 Å². The van der Waals surface area contributed by atoms with Crippen molar-refractivity contribution < 1.29 is 16.8 Å². The maximum Gasteiger partial charge on any atom is 0.242 e. The molecule has 3 aromatic rings. The standard InChI is InChI=1S/C22H29N9O4S2/c23-36(32,33)21-19(37(34,35)28-17-6-10-24-14-17)5-4-18(20(21)22-26-29-30-27-22)31-11-7-15(8-12-31)13-16-3-1-2-9-25-16/h1-5,9,15,17,24,28H,6-8,10-14H2,(H2,23,32,33)(H,26,27,29,30)/t17-/m1/s1. The summed E-state index contributed by atoms with van der Waals surface area (Å²) in [5.41, 5.74) is 1.54. The van der Waals surface area contributed by atoms with Crippen LogP contribution in [0, 0.1) is 5.92 Å². The Balaban J connectivity index is 1.51. The van der Waals surface area contributed by atoms with Crippen molar-refractivity contribution in [1.29, 1.82) is 0 Å². The van der Waals surface area contributed by atoms with Crippen molar-refractivity contribution in [2.75, 3.05) is 31.1 Å². The maximum atomic E-state index is 13.3. The normalized spacial score (nSPS) is 19.4. The number of nitrogens with zero attached hydrogens (tertiary/aromatic N) is 5. The van der Waals surface area contributed by atoms with Crippen LogP contribution in [0.3, 0.4) is 0 Å². The van der Waals surface area contributed by atoms with Crippen LogP contribution < -0.4 is 20.1 Å². The third kappa shape index (κ3) is 5.65. The first-order chi connectivity index (χ1) is 17.7. The molecule has 0 radical (unpaired) electrons. The van der Waals surface area contributed by atoms with Crippen molar-refractivity contribution in [2.24, 2.45) is 11.1 Å². The molecule has 1 aromatic carbocycles. The van der Waals surface area contributed by atoms with Crippen LogP contribution in [-0.2, 0) is 26.5 Å². The van der Waals surface area contributed by atoms with E-state index in [1.165, 1.54) is 6.07 Å². The Kier molecular flexibility index (Phi) is 7.22. The molecule has 0 amide bonds. The van der Waals surface area contributed by atoms with Gasteiger partial charge in [-0.05, 0) is 67.6 Å². The van der Waals surface area contributed by atoms with E-state index in [0.29, 0.717) is 44.2 Å². The fraction of sp³-hybridized carbons (Fsp3) is 0.455. The third-order valence-corrected chi connectivity index (χ3v) is 9.49. The number of nitrogens with two attached hydrogens (primary N) is 1. The first-order valence-corrected chi connectivity index (χ1v) is 15.1. The summed E-state index contributed by atoms with van der Waals surface area (Å²) in [6.45, 7) is 2.38. The predicted octanol–water partition coefficient (Wildman–Crippen LogP) is 0.00840. The van der Waals surface area contributed by atoms with Gasteiger partial charge in [0, 0.05) is 43.3 Å². The summed E-state index contributed by atoms with van der Waals surface area (Å²) in [7, 11) is -8.73. The maximum absolute atomic E-state index is 13.3. The van der Waals surface area contributed by atoms with Gasteiger partial charge in [0.1, 0.15) is 9.79 Å². The molecule has 2 aliphatic rings. The van der Waals surface area contributed by atoms with Gasteiger partial charge < -0.3 is 10.2 Å². The second kappa shape index (κ2) is 10.4. The summed E-state index contributed by atoms with van der Waals surface area (Å²) in [6, 6.07) is 8.40. The number of pyridine rings is 1. The topological polar surface area (TPSA) is 189 Å². The van der Waals surface area contributed by atoms with Crippen LogP contribution in [0.2, 0.25) is 0 Å². The number of piperidine rings is 1. The van der Waals surface area contributed by atoms with Gasteiger partial charge in [-0.15, -0.1) is 10.2 Å². The molecule has 2 aromatic heterocycles. The van der Waals surface area contributed by atoms with Crippen LogP contribution in [0.1, 0.15) is 25.0 Å². The predicted molar refractivity (Wildman–Crippen MR) is 135 cm³/mol. The molecule has 0 bridgehead atoms. The molecule has 0 spiro atoms. The molecular formula is C22H29N9O4S2. The van der Waals surface area contributed by atoms with Gasteiger partial charge in [-0.25, -0.2) is 26.7 Å². The molecule has 5 rings (SSSR count). The average molecular weight is 548 g/mol. The van der Waals surface area contributed by atoms with Crippen molar-refractivity contribution >= 4 is 25.7 Å². The van der Waals surface area contributed by atoms with Gasteiger partial charge in [0.15, 0.2) is 0 Å². The third-order valence-electron chi connectivity index (χ3n) is 6.80. The number of benzene rings is 1. The highest BCUT2D eigenvalue weighted by atomic mass is 32.2. The highest BCUT2D eigenvalue weighted by Gasteiger charge is 2.35. The second-order valence-corrected chi connectivity index (χ2v) is 12.5. The van der Waals surface area contributed by atoms with Gasteiger partial charge in [0.05, 0.1) is 5.56 Å². The van der Waals surface area contributed by atoms with E-state index in [1.807, 2.05) is 23.1 Å². The lowest BCUT2D eigenvalue weighted by Gasteiger charge is -2.35. The summed E-state index contributed by atoms with van der Waals surface area (Å²) >= 11 is 0. The number of aromatic nitrogens is 5. The minimum Gasteiger partial charge on any atom is -0.371 e. The van der Waals surface area contributed by atoms with E-state index < -0.39 is 29.8 Å². The fourth-order valence-corrected chi connectivity index (χ4v) is 7.89. The molecule has 13 nitrogen and oxygen atoms in total. The lowest BCUT2D eigenvalue weighted by Crippen LogP contribution is -2.38. The Morgan fingerprint density at radius 1 is 1.08 bits per heavy atom. The van der Waals surface area contributed by atoms with E-state index >= 15 is 0 Å². The number of sulfonamides is 2. The number of tetrazole rings is 1. The van der Waals surface area contributed by atoms with E-state index in [2.05, 4.69) is 35.6 Å². The quantitative estimate of drug-likeness (QED) is 0.299. The van der Waals surface area contributed by atoms with Gasteiger partial charge in [-0.3, -0.25) is 4.98 Å². The number of primary sulfonamides is 1. The molecule has 15 heteroatoms. The molecule has 4 heterocycles. The van der Waals surface area contributed by atoms with Crippen LogP contribution in [-0.4, -0.2) is 74.7 Å². The number of hydrogen-bond donors (Lipinski definition) is 4. The first kappa shape index (κ1) is 25.7. The number of hydrogen-bond acceptors (Lipinski definition) is 10. The molecule has 0 aliphatic carbocycles. The average Bonchev–Trinajstić information content (AvgIpc) is 3.58. The van der Waals surface area contributed by atoms with Crippen molar-refractivity contribution in [2.45, 2.75) is 41.5 Å². The van der Waals surface area contributed by atoms with E-state index in [9.17, 15) is 16.8 Å². The molecule has 37 heavy (non-hydrogen) atoms. The molecule has 2 saturated heterocycles. The summed E-state index contributed by atoms with van der Waals surface area (Å²) in [5, 5.41) is 22.6. The summed E-state index contributed by atoms with van der Waals surface area (Å²) in [6.07, 6.45) is 4.93. The van der Waals surface area contributed by atoms with Crippen molar-refractivity contribution in [3.63, 3.8) is 0 Å². The lowest BCUT2D eigenvalue weighted by atomic mass is 9.91. The zero-order valence-electron chi connectivity index (χ0n) is 20.0. The van der Waals surface area contributed by atoms with Crippen LogP contribution in [0.25, 0.3) is 11.4 Å². The number of rotatable bonds is 8. The molecule has 2 aliphatic heterocycles. The van der Waals surface area contributed by atoms with Gasteiger partial charge in [-0.2, -0.15) is 5.21 Å². The number of aromatic amines is 1. The SMILES string of the molecule is NS(=O)(=O)c1c(S(=O)(=O)N[C@@H]2CCNC2)ccc(N2CCC(Cc3ccccn3)CC2)c1-c1nn[nH]n1. The monoisotopic (exact) mass is 547 g/mol. The van der Waals surface area contributed by atoms with E-state index in [4.69, 9.17) is 5.14 Å². The van der Waals surface area contributed by atoms with Crippen LogP contribution in [0.5, 0.6) is 0 Å². The summed E-state index contributed by atoms with van der Waals surface area (Å²) in [4.78, 5) is 5.46. The van der Waals surface area contributed by atoms with Crippen molar-refractivity contribution in [1.82, 2.24) is 35.6 Å². The Bertz CT molecular complexity index is 1430. The number of H-pyrrole nitrogens is 1. The molecular weight excluding hydrogens is 518 g/mol. The summed E-state index contributed by atoms with van der Waals surface area (Å²) < 4.78 is 55.1. The van der Waals surface area contributed by atoms with Crippen LogP contribution in [0.15, 0.2) is 46.3 Å². The number of nitrogens with one attached hydrogen (secondary N) is 3. The largest absolute Gasteiger partial charge is 0.371 e. The van der Waals surface area contributed by atoms with E-state index in [0.717, 1.165) is 25.0 Å². The molecule has 0 unspecified atom stereocenters. The Labute approximate surface area is 215 Å². The minimum atomic E-state index is -4.51. The molecule has 2 fully saturated rings. The Hall–Kier alpha value is -2.98. The Morgan fingerprint density at radius 3 is 2.51 bits per heavy atom. The highest BCUT2D eigenvalue weighted by Crippen LogP contribution is 2.39. The fourth-order valence-electron chi connectivity index (χ4n) is 5.03. The van der Waals surface area contributed by atoms with Crippen LogP contribution >= 0.6 is 0 Å². The van der Waals surface area contributed by atoms with Gasteiger partial charge >= 0.3 is 0 Å². The second-order valence-electron chi connectivity index (χ2n) is 9.33. The zero-order valence-corrected chi connectivity index (χ0v) is 21.7. The molecule has 5 N–H and O–H groups in total. The van der Waals surface area contributed by atoms with Crippen LogP contribution in [0.4, 0.5) is 5.69 Å². The smallest absolute Gasteiger partial charge is 0.242 e. The van der Waals surface area contributed by atoms with Gasteiger partial charge in [0.2, 0.25) is 25.9 Å². The lowest BCUT2D eigenvalue weighted by molar-refractivity contribution is 0.400. The molecule has 1 atom stereocenters. The minimum absolute atomic E-state index is 0.0202. The van der Waals surface area contributed by atoms with Crippen molar-refractivity contribution in [3.8, 4) is 11.4 Å². The van der Waals surface area contributed by atoms with Gasteiger partial charge in [0.25, 0.3) is 0 Å². The van der Waals surface area contributed by atoms with E-state index in [-0.39, 0.29) is 17.4 Å². The number of anilines is 1. The molecule has 0 saturated carbocycles. The zero-order chi connectivity index (χ0) is 26.0. The van der Waals surface area contributed by atoms with Gasteiger partial charge in [-0.1, -0.05) is 6.07 Å². The summed E-state index contributed by atoms with van der Waals surface area (Å²) in [5.74, 6) is 0.371. The first-order valence-electron chi connectivity index (χ1n) is 12.0. The van der Waals surface area contributed by atoms with Crippen molar-refractivity contribution in [3.05, 3.63) is 42.2 Å².